The van der Waals surface area contributed by atoms with Gasteiger partial charge in [-0.15, -0.1) is 0 Å². The van der Waals surface area contributed by atoms with Crippen molar-refractivity contribution < 1.29 is 17.9 Å². The molecule has 1 atom stereocenters. The normalized spacial score (nSPS) is 18.0. The lowest BCUT2D eigenvalue weighted by atomic mass is 10.0. The molecule has 2 aromatic carbocycles. The zero-order chi connectivity index (χ0) is 18.9. The molecule has 5 nitrogen and oxygen atoms in total. The van der Waals surface area contributed by atoms with Crippen molar-refractivity contribution in [2.75, 3.05) is 13.7 Å². The van der Waals surface area contributed by atoms with Crippen LogP contribution in [0.1, 0.15) is 34.3 Å². The summed E-state index contributed by atoms with van der Waals surface area (Å²) in [5.41, 5.74) is 1.91. The van der Waals surface area contributed by atoms with Crippen molar-refractivity contribution in [3.05, 3.63) is 59.2 Å². The average molecular weight is 373 g/mol. The van der Waals surface area contributed by atoms with E-state index < -0.39 is 16.1 Å². The fraction of sp³-hybridized carbons (Fsp3) is 0.350. The van der Waals surface area contributed by atoms with Crippen molar-refractivity contribution in [3.63, 3.8) is 0 Å². The molecule has 1 fully saturated rings. The number of hydrogen-bond donors (Lipinski definition) is 0. The number of ketones is 1. The third-order valence-corrected chi connectivity index (χ3v) is 6.89. The smallest absolute Gasteiger partial charge is 0.244 e. The number of benzene rings is 2. The van der Waals surface area contributed by atoms with E-state index in [2.05, 4.69) is 0 Å². The second kappa shape index (κ2) is 7.21. The molecule has 3 rings (SSSR count). The van der Waals surface area contributed by atoms with Gasteiger partial charge in [-0.25, -0.2) is 8.42 Å². The predicted molar refractivity (Wildman–Crippen MR) is 100 cm³/mol. The SMILES string of the molecule is COc1cc(C)c(S(=O)(=O)N2CCCC2C(=O)c2ccccc2)cc1C. The standard InChI is InChI=1S/C20H23NO4S/c1-14-13-19(15(2)12-18(14)25-3)26(23,24)21-11-7-10-17(21)20(22)16-8-5-4-6-9-16/h4-6,8-9,12-13,17H,7,10-11H2,1-3H3. The Morgan fingerprint density at radius 3 is 2.46 bits per heavy atom. The van der Waals surface area contributed by atoms with Gasteiger partial charge >= 0.3 is 0 Å². The van der Waals surface area contributed by atoms with Crippen LogP contribution in [0.25, 0.3) is 0 Å². The summed E-state index contributed by atoms with van der Waals surface area (Å²) in [6, 6.07) is 11.6. The second-order valence-corrected chi connectivity index (χ2v) is 8.45. The quantitative estimate of drug-likeness (QED) is 0.754. The number of carbonyl (C=O) groups excluding carboxylic acids is 1. The first-order valence-corrected chi connectivity index (χ1v) is 10.1. The van der Waals surface area contributed by atoms with Gasteiger partial charge in [-0.2, -0.15) is 4.31 Å². The van der Waals surface area contributed by atoms with Gasteiger partial charge in [0, 0.05) is 12.1 Å². The summed E-state index contributed by atoms with van der Waals surface area (Å²) in [6.45, 7) is 3.92. The van der Waals surface area contributed by atoms with Gasteiger partial charge in [0.05, 0.1) is 18.0 Å². The Kier molecular flexibility index (Phi) is 5.16. The first-order chi connectivity index (χ1) is 12.4. The molecule has 26 heavy (non-hydrogen) atoms. The molecule has 1 aliphatic heterocycles. The van der Waals surface area contributed by atoms with Crippen molar-refractivity contribution in [3.8, 4) is 5.75 Å². The molecule has 0 saturated carbocycles. The number of Topliss-reactive ketones (excluding diaryl/α,β-unsaturated/α-hetero) is 1. The maximum absolute atomic E-state index is 13.3. The van der Waals surface area contributed by atoms with E-state index in [-0.39, 0.29) is 10.7 Å². The average Bonchev–Trinajstić information content (AvgIpc) is 3.14. The number of sulfonamides is 1. The van der Waals surface area contributed by atoms with Crippen LogP contribution in [0.2, 0.25) is 0 Å². The molecule has 0 radical (unpaired) electrons. The zero-order valence-electron chi connectivity index (χ0n) is 15.2. The van der Waals surface area contributed by atoms with Gasteiger partial charge in [0.25, 0.3) is 0 Å². The Labute approximate surface area is 154 Å². The third kappa shape index (κ3) is 3.27. The minimum atomic E-state index is -3.76. The number of aryl methyl sites for hydroxylation is 2. The van der Waals surface area contributed by atoms with E-state index in [4.69, 9.17) is 4.74 Å². The molecule has 1 aliphatic rings. The molecule has 1 saturated heterocycles. The van der Waals surface area contributed by atoms with Gasteiger partial charge in [-0.3, -0.25) is 4.79 Å². The van der Waals surface area contributed by atoms with Gasteiger partial charge in [-0.05, 0) is 49.9 Å². The Morgan fingerprint density at radius 2 is 1.81 bits per heavy atom. The summed E-state index contributed by atoms with van der Waals surface area (Å²) in [5, 5.41) is 0. The highest BCUT2D eigenvalue weighted by atomic mass is 32.2. The van der Waals surface area contributed by atoms with E-state index >= 15 is 0 Å². The van der Waals surface area contributed by atoms with Crippen molar-refractivity contribution in [1.82, 2.24) is 4.31 Å². The maximum atomic E-state index is 13.3. The molecule has 0 spiro atoms. The van der Waals surface area contributed by atoms with Crippen molar-refractivity contribution in [2.24, 2.45) is 0 Å². The molecule has 138 valence electrons. The van der Waals surface area contributed by atoms with Crippen LogP contribution in [0.15, 0.2) is 47.4 Å². The highest BCUT2D eigenvalue weighted by Crippen LogP contribution is 2.32. The second-order valence-electron chi connectivity index (χ2n) is 6.59. The van der Waals surface area contributed by atoms with Gasteiger partial charge in [-0.1, -0.05) is 30.3 Å². The fourth-order valence-electron chi connectivity index (χ4n) is 3.47. The summed E-state index contributed by atoms with van der Waals surface area (Å²) < 4.78 is 33.2. The minimum Gasteiger partial charge on any atom is -0.496 e. The summed E-state index contributed by atoms with van der Waals surface area (Å²) >= 11 is 0. The van der Waals surface area contributed by atoms with Crippen molar-refractivity contribution in [2.45, 2.75) is 37.6 Å². The third-order valence-electron chi connectivity index (χ3n) is 4.84. The molecule has 0 amide bonds. The number of ether oxygens (including phenoxy) is 1. The largest absolute Gasteiger partial charge is 0.496 e. The number of hydrogen-bond acceptors (Lipinski definition) is 4. The molecule has 0 bridgehead atoms. The summed E-state index contributed by atoms with van der Waals surface area (Å²) in [6.07, 6.45) is 1.22. The highest BCUT2D eigenvalue weighted by molar-refractivity contribution is 7.89. The maximum Gasteiger partial charge on any atom is 0.244 e. The number of rotatable bonds is 5. The fourth-order valence-corrected chi connectivity index (χ4v) is 5.42. The zero-order valence-corrected chi connectivity index (χ0v) is 16.0. The molecule has 0 aliphatic carbocycles. The minimum absolute atomic E-state index is 0.144. The summed E-state index contributed by atoms with van der Waals surface area (Å²) in [4.78, 5) is 13.1. The molecule has 2 aromatic rings. The highest BCUT2D eigenvalue weighted by Gasteiger charge is 2.40. The number of methoxy groups -OCH3 is 1. The van der Waals surface area contributed by atoms with E-state index in [0.29, 0.717) is 36.3 Å². The van der Waals surface area contributed by atoms with Crippen LogP contribution in [0.3, 0.4) is 0 Å². The number of nitrogens with zero attached hydrogens (tertiary/aromatic N) is 1. The Balaban J connectivity index is 1.99. The van der Waals surface area contributed by atoms with Gasteiger partial charge in [0.1, 0.15) is 5.75 Å². The monoisotopic (exact) mass is 373 g/mol. The molecule has 6 heteroatoms. The summed E-state index contributed by atoms with van der Waals surface area (Å²) in [7, 11) is -2.20. The lowest BCUT2D eigenvalue weighted by molar-refractivity contribution is 0.0918. The molecular weight excluding hydrogens is 350 g/mol. The van der Waals surface area contributed by atoms with E-state index in [1.54, 1.807) is 50.4 Å². The molecule has 1 unspecified atom stereocenters. The Morgan fingerprint density at radius 1 is 1.12 bits per heavy atom. The lowest BCUT2D eigenvalue weighted by Crippen LogP contribution is -2.40. The van der Waals surface area contributed by atoms with Gasteiger partial charge in [0.2, 0.25) is 10.0 Å². The first kappa shape index (κ1) is 18.6. The topological polar surface area (TPSA) is 63.7 Å². The molecule has 1 heterocycles. The van der Waals surface area contributed by atoms with Crippen LogP contribution in [0.5, 0.6) is 5.75 Å². The lowest BCUT2D eigenvalue weighted by Gasteiger charge is -2.24. The van der Waals surface area contributed by atoms with E-state index in [9.17, 15) is 13.2 Å². The molecule has 0 aromatic heterocycles. The Bertz CT molecular complexity index is 922. The van der Waals surface area contributed by atoms with Crippen molar-refractivity contribution >= 4 is 15.8 Å². The molecule has 0 N–H and O–H groups in total. The van der Waals surface area contributed by atoms with E-state index in [1.807, 2.05) is 13.0 Å². The van der Waals surface area contributed by atoms with Gasteiger partial charge < -0.3 is 4.74 Å². The number of carbonyl (C=O) groups is 1. The van der Waals surface area contributed by atoms with Crippen LogP contribution in [0, 0.1) is 13.8 Å². The van der Waals surface area contributed by atoms with Crippen LogP contribution in [-0.4, -0.2) is 38.2 Å². The van der Waals surface area contributed by atoms with E-state index in [0.717, 1.165) is 5.56 Å². The molecular formula is C20H23NO4S. The van der Waals surface area contributed by atoms with Crippen LogP contribution >= 0.6 is 0 Å². The first-order valence-electron chi connectivity index (χ1n) is 8.62. The summed E-state index contributed by atoms with van der Waals surface area (Å²) in [5.74, 6) is 0.509. The van der Waals surface area contributed by atoms with Crippen LogP contribution in [0.4, 0.5) is 0 Å². The van der Waals surface area contributed by atoms with Crippen molar-refractivity contribution in [1.29, 1.82) is 0 Å². The van der Waals surface area contributed by atoms with E-state index in [1.165, 1.54) is 4.31 Å². The van der Waals surface area contributed by atoms with Crippen LogP contribution in [-0.2, 0) is 10.0 Å². The predicted octanol–water partition coefficient (Wildman–Crippen LogP) is 3.35. The van der Waals surface area contributed by atoms with Gasteiger partial charge in [0.15, 0.2) is 5.78 Å². The van der Waals surface area contributed by atoms with Crippen LogP contribution < -0.4 is 4.74 Å². The Hall–Kier alpha value is -2.18.